The molecule has 0 bridgehead atoms. The maximum absolute atomic E-state index is 12.7. The highest BCUT2D eigenvalue weighted by Crippen LogP contribution is 2.39. The number of thiazole rings is 1. The van der Waals surface area contributed by atoms with E-state index in [4.69, 9.17) is 4.74 Å². The number of rotatable bonds is 9. The molecule has 0 unspecified atom stereocenters. The highest BCUT2D eigenvalue weighted by Gasteiger charge is 2.22. The average molecular weight is 486 g/mol. The number of anilines is 2. The zero-order valence-corrected chi connectivity index (χ0v) is 20.4. The van der Waals surface area contributed by atoms with Gasteiger partial charge in [-0.25, -0.2) is 9.97 Å². The number of pyridine rings is 2. The Balaban J connectivity index is 1.25. The largest absolute Gasteiger partial charge is 0.492 e. The monoisotopic (exact) mass is 485 g/mol. The Bertz CT molecular complexity index is 1320. The first-order valence-corrected chi connectivity index (χ1v) is 12.7. The third-order valence-corrected chi connectivity index (χ3v) is 6.80. The number of hydrogen-bond acceptors (Lipinski definition) is 7. The van der Waals surface area contributed by atoms with E-state index < -0.39 is 0 Å². The van der Waals surface area contributed by atoms with E-state index in [1.807, 2.05) is 48.0 Å². The number of carbonyl (C=O) groups is 1. The number of aryl methyl sites for hydroxylation is 1. The number of nitrogens with one attached hydrogen (secondary N) is 2. The summed E-state index contributed by atoms with van der Waals surface area (Å²) in [5, 5.41) is 9.26. The van der Waals surface area contributed by atoms with Crippen molar-refractivity contribution >= 4 is 28.7 Å². The molecule has 5 rings (SSSR count). The van der Waals surface area contributed by atoms with Crippen LogP contribution in [0.25, 0.3) is 11.1 Å². The fourth-order valence-corrected chi connectivity index (χ4v) is 4.90. The van der Waals surface area contributed by atoms with Crippen LogP contribution in [0.3, 0.4) is 0 Å². The second-order valence-corrected chi connectivity index (χ2v) is 9.34. The second-order valence-electron chi connectivity index (χ2n) is 8.40. The zero-order valence-electron chi connectivity index (χ0n) is 19.6. The summed E-state index contributed by atoms with van der Waals surface area (Å²) in [5.74, 6) is 1.53. The predicted molar refractivity (Wildman–Crippen MR) is 139 cm³/mol. The molecule has 8 heteroatoms. The first-order chi connectivity index (χ1) is 17.2. The highest BCUT2D eigenvalue weighted by atomic mass is 32.1. The van der Waals surface area contributed by atoms with Gasteiger partial charge in [0.1, 0.15) is 17.3 Å². The van der Waals surface area contributed by atoms with Crippen LogP contribution in [-0.2, 0) is 19.4 Å². The molecule has 0 fully saturated rings. The number of hydrogen-bond donors (Lipinski definition) is 2. The molecule has 7 nitrogen and oxygen atoms in total. The smallest absolute Gasteiger partial charge is 0.275 e. The Morgan fingerprint density at radius 3 is 2.94 bits per heavy atom. The van der Waals surface area contributed by atoms with E-state index in [1.54, 1.807) is 23.7 Å². The lowest BCUT2D eigenvalue weighted by molar-refractivity contribution is 0.102. The Morgan fingerprint density at radius 1 is 1.20 bits per heavy atom. The number of unbranched alkanes of at least 4 members (excludes halogenated alkanes) is 1. The van der Waals surface area contributed by atoms with Gasteiger partial charge in [0, 0.05) is 53.8 Å². The fraction of sp³-hybridized carbons (Fsp3) is 0.259. The SMILES string of the molecule is CCCCc1nc(C(=O)Nc2cccc(CNc3ncc(-c4ccncc4)c4c3CCO4)c2)cs1. The van der Waals surface area contributed by atoms with Crippen LogP contribution in [0.5, 0.6) is 5.75 Å². The summed E-state index contributed by atoms with van der Waals surface area (Å²) in [4.78, 5) is 25.9. The highest BCUT2D eigenvalue weighted by molar-refractivity contribution is 7.09. The molecule has 178 valence electrons. The van der Waals surface area contributed by atoms with Crippen molar-refractivity contribution in [3.05, 3.63) is 82.2 Å². The normalized spacial score (nSPS) is 12.1. The average Bonchev–Trinajstić information content (AvgIpc) is 3.57. The van der Waals surface area contributed by atoms with Crippen molar-refractivity contribution in [1.29, 1.82) is 0 Å². The van der Waals surface area contributed by atoms with Crippen molar-refractivity contribution in [2.24, 2.45) is 0 Å². The minimum atomic E-state index is -0.183. The van der Waals surface area contributed by atoms with E-state index in [9.17, 15) is 4.79 Å². The maximum Gasteiger partial charge on any atom is 0.275 e. The van der Waals surface area contributed by atoms with E-state index in [0.29, 0.717) is 18.8 Å². The first kappa shape index (κ1) is 23.0. The number of ether oxygens (including phenoxy) is 1. The van der Waals surface area contributed by atoms with Crippen molar-refractivity contribution in [2.45, 2.75) is 39.2 Å². The van der Waals surface area contributed by atoms with Gasteiger partial charge in [-0.15, -0.1) is 11.3 Å². The number of benzene rings is 1. The van der Waals surface area contributed by atoms with Gasteiger partial charge < -0.3 is 15.4 Å². The van der Waals surface area contributed by atoms with Crippen molar-refractivity contribution in [3.63, 3.8) is 0 Å². The molecule has 1 amide bonds. The van der Waals surface area contributed by atoms with Gasteiger partial charge in [-0.3, -0.25) is 9.78 Å². The van der Waals surface area contributed by atoms with Gasteiger partial charge in [0.05, 0.1) is 11.6 Å². The number of amides is 1. The van der Waals surface area contributed by atoms with Crippen molar-refractivity contribution in [1.82, 2.24) is 15.0 Å². The summed E-state index contributed by atoms with van der Waals surface area (Å²) >= 11 is 1.54. The second kappa shape index (κ2) is 10.7. The van der Waals surface area contributed by atoms with Gasteiger partial charge in [-0.1, -0.05) is 25.5 Å². The molecular weight excluding hydrogens is 458 g/mol. The summed E-state index contributed by atoms with van der Waals surface area (Å²) < 4.78 is 5.95. The van der Waals surface area contributed by atoms with Gasteiger partial charge >= 0.3 is 0 Å². The first-order valence-electron chi connectivity index (χ1n) is 11.8. The molecule has 0 spiro atoms. The Labute approximate surface area is 208 Å². The van der Waals surface area contributed by atoms with Gasteiger partial charge in [0.15, 0.2) is 0 Å². The summed E-state index contributed by atoms with van der Waals surface area (Å²) in [6, 6.07) is 11.7. The Hall–Kier alpha value is -3.78. The van der Waals surface area contributed by atoms with Gasteiger partial charge in [-0.05, 0) is 48.2 Å². The van der Waals surface area contributed by atoms with Crippen LogP contribution in [0.15, 0.2) is 60.4 Å². The molecule has 0 atom stereocenters. The van der Waals surface area contributed by atoms with E-state index in [1.165, 1.54) is 0 Å². The van der Waals surface area contributed by atoms with Gasteiger partial charge in [0.25, 0.3) is 5.91 Å². The van der Waals surface area contributed by atoms with Crippen LogP contribution in [0, 0.1) is 0 Å². The lowest BCUT2D eigenvalue weighted by atomic mass is 10.0. The van der Waals surface area contributed by atoms with Crippen LogP contribution >= 0.6 is 11.3 Å². The number of fused-ring (bicyclic) bond motifs is 1. The van der Waals surface area contributed by atoms with E-state index >= 15 is 0 Å². The lowest BCUT2D eigenvalue weighted by Gasteiger charge is -2.13. The van der Waals surface area contributed by atoms with Gasteiger partial charge in [-0.2, -0.15) is 0 Å². The van der Waals surface area contributed by atoms with Crippen LogP contribution < -0.4 is 15.4 Å². The minimum absolute atomic E-state index is 0.183. The molecule has 0 aliphatic carbocycles. The quantitative estimate of drug-likeness (QED) is 0.314. The summed E-state index contributed by atoms with van der Waals surface area (Å²) in [7, 11) is 0. The zero-order chi connectivity index (χ0) is 24.0. The maximum atomic E-state index is 12.7. The van der Waals surface area contributed by atoms with E-state index in [0.717, 1.165) is 70.2 Å². The van der Waals surface area contributed by atoms with Crippen molar-refractivity contribution < 1.29 is 9.53 Å². The molecule has 0 saturated heterocycles. The Kier molecular flexibility index (Phi) is 6.99. The third-order valence-electron chi connectivity index (χ3n) is 5.89. The number of aromatic nitrogens is 3. The van der Waals surface area contributed by atoms with Crippen LogP contribution in [0.4, 0.5) is 11.5 Å². The fourth-order valence-electron chi connectivity index (χ4n) is 4.08. The molecule has 2 N–H and O–H groups in total. The lowest BCUT2D eigenvalue weighted by Crippen LogP contribution is -2.13. The summed E-state index contributed by atoms with van der Waals surface area (Å²) in [5.41, 5.74) is 5.36. The van der Waals surface area contributed by atoms with Crippen LogP contribution in [-0.4, -0.2) is 27.5 Å². The molecule has 4 heterocycles. The molecule has 1 aromatic carbocycles. The molecule has 1 aliphatic rings. The number of carbonyl (C=O) groups excluding carboxylic acids is 1. The van der Waals surface area contributed by atoms with E-state index in [2.05, 4.69) is 32.5 Å². The van der Waals surface area contributed by atoms with Crippen molar-refractivity contribution in [3.8, 4) is 16.9 Å². The van der Waals surface area contributed by atoms with Crippen LogP contribution in [0.1, 0.15) is 46.4 Å². The third kappa shape index (κ3) is 5.33. The summed E-state index contributed by atoms with van der Waals surface area (Å²) in [6.45, 7) is 3.37. The topological polar surface area (TPSA) is 89.0 Å². The molecule has 0 saturated carbocycles. The molecular formula is C27H27N5O2S. The standard InChI is InChI=1S/C27H27N5O2S/c1-2-3-7-24-32-23(17-35-24)27(33)31-20-6-4-5-18(14-20)15-29-26-21-10-13-34-25(21)22(16-30-26)19-8-11-28-12-9-19/h4-6,8-9,11-12,14,16-17H,2-3,7,10,13,15H2,1H3,(H,29,30)(H,31,33). The van der Waals surface area contributed by atoms with Crippen LogP contribution in [0.2, 0.25) is 0 Å². The summed E-state index contributed by atoms with van der Waals surface area (Å²) in [6.07, 6.45) is 9.32. The van der Waals surface area contributed by atoms with E-state index in [-0.39, 0.29) is 5.91 Å². The predicted octanol–water partition coefficient (Wildman–Crippen LogP) is 5.74. The molecule has 1 aliphatic heterocycles. The number of nitrogens with zero attached hydrogens (tertiary/aromatic N) is 3. The van der Waals surface area contributed by atoms with Gasteiger partial charge in [0.2, 0.25) is 0 Å². The molecule has 3 aromatic heterocycles. The molecule has 35 heavy (non-hydrogen) atoms. The minimum Gasteiger partial charge on any atom is -0.492 e. The molecule has 4 aromatic rings. The van der Waals surface area contributed by atoms with Crippen molar-refractivity contribution in [2.75, 3.05) is 17.2 Å². The molecule has 0 radical (unpaired) electrons. The Morgan fingerprint density at radius 2 is 2.09 bits per heavy atom.